The van der Waals surface area contributed by atoms with Crippen molar-refractivity contribution in [1.82, 2.24) is 10.1 Å². The molecule has 0 radical (unpaired) electrons. The van der Waals surface area contributed by atoms with Gasteiger partial charge in [-0.3, -0.25) is 0 Å². The lowest BCUT2D eigenvalue weighted by Crippen LogP contribution is -1.90. The van der Waals surface area contributed by atoms with E-state index in [9.17, 15) is 0 Å². The zero-order valence-corrected chi connectivity index (χ0v) is 13.4. The summed E-state index contributed by atoms with van der Waals surface area (Å²) in [7, 11) is 0. The van der Waals surface area contributed by atoms with Gasteiger partial charge in [-0.25, -0.2) is 0 Å². The fourth-order valence-electron chi connectivity index (χ4n) is 1.91. The summed E-state index contributed by atoms with van der Waals surface area (Å²) in [5.74, 6) is 0.885. The number of nitrogens with zero attached hydrogens (tertiary/aromatic N) is 2. The molecule has 0 aliphatic rings. The van der Waals surface area contributed by atoms with Gasteiger partial charge in [0, 0.05) is 20.7 Å². The van der Waals surface area contributed by atoms with Crippen LogP contribution >= 0.6 is 27.5 Å². The highest BCUT2D eigenvalue weighted by atomic mass is 79.9. The molecule has 21 heavy (non-hydrogen) atoms. The fraction of sp³-hybridized carbons (Fsp3) is 0.0667. The maximum Gasteiger partial charge on any atom is 0.260 e. The Kier molecular flexibility index (Phi) is 3.69. The molecule has 106 valence electrons. The van der Waals surface area contributed by atoms with Gasteiger partial charge in [-0.1, -0.05) is 44.8 Å². The Balaban J connectivity index is 2.01. The molecule has 3 rings (SSSR count). The van der Waals surface area contributed by atoms with Crippen molar-refractivity contribution in [2.75, 3.05) is 5.73 Å². The van der Waals surface area contributed by atoms with Crippen LogP contribution in [-0.2, 0) is 0 Å². The number of rotatable bonds is 2. The van der Waals surface area contributed by atoms with E-state index in [1.54, 1.807) is 18.2 Å². The Morgan fingerprint density at radius 2 is 2.00 bits per heavy atom. The third-order valence-electron chi connectivity index (χ3n) is 3.10. The van der Waals surface area contributed by atoms with Crippen LogP contribution in [0.3, 0.4) is 0 Å². The number of hydrogen-bond acceptors (Lipinski definition) is 4. The van der Waals surface area contributed by atoms with Gasteiger partial charge >= 0.3 is 0 Å². The third-order valence-corrected chi connectivity index (χ3v) is 4.19. The minimum Gasteiger partial charge on any atom is -0.398 e. The first kappa shape index (κ1) is 14.1. The van der Waals surface area contributed by atoms with Crippen LogP contribution in [-0.4, -0.2) is 10.1 Å². The second-order valence-corrected chi connectivity index (χ2v) is 5.91. The van der Waals surface area contributed by atoms with E-state index in [-0.39, 0.29) is 0 Å². The first-order valence-electron chi connectivity index (χ1n) is 6.20. The summed E-state index contributed by atoms with van der Waals surface area (Å²) in [4.78, 5) is 4.39. The van der Waals surface area contributed by atoms with Crippen molar-refractivity contribution in [3.63, 3.8) is 0 Å². The molecule has 0 atom stereocenters. The van der Waals surface area contributed by atoms with Gasteiger partial charge in [-0.2, -0.15) is 4.98 Å². The molecule has 0 spiro atoms. The number of anilines is 1. The minimum absolute atomic E-state index is 0.371. The molecule has 6 heteroatoms. The summed E-state index contributed by atoms with van der Waals surface area (Å²) in [6, 6.07) is 11.0. The van der Waals surface area contributed by atoms with Crippen LogP contribution in [0, 0.1) is 6.92 Å². The molecule has 0 bridgehead atoms. The Hall–Kier alpha value is -1.85. The Bertz CT molecular complexity index is 816. The minimum atomic E-state index is 0.371. The third kappa shape index (κ3) is 2.80. The average molecular weight is 365 g/mol. The van der Waals surface area contributed by atoms with E-state index in [4.69, 9.17) is 21.9 Å². The zero-order chi connectivity index (χ0) is 15.0. The summed E-state index contributed by atoms with van der Waals surface area (Å²) in [6.45, 7) is 2.02. The molecule has 0 amide bonds. The maximum absolute atomic E-state index is 5.93. The van der Waals surface area contributed by atoms with Crippen LogP contribution in [0.2, 0.25) is 5.02 Å². The number of halogens is 2. The lowest BCUT2D eigenvalue weighted by Gasteiger charge is -2.00. The summed E-state index contributed by atoms with van der Waals surface area (Å²) < 4.78 is 6.29. The van der Waals surface area contributed by atoms with Crippen molar-refractivity contribution >= 4 is 33.2 Å². The number of aromatic nitrogens is 2. The quantitative estimate of drug-likeness (QED) is 0.669. The highest BCUT2D eigenvalue weighted by Crippen LogP contribution is 2.30. The first-order chi connectivity index (χ1) is 10.0. The summed E-state index contributed by atoms with van der Waals surface area (Å²) in [5, 5.41) is 4.57. The van der Waals surface area contributed by atoms with Gasteiger partial charge in [0.15, 0.2) is 0 Å². The molecular formula is C15H11BrClN3O. The maximum atomic E-state index is 5.93. The molecule has 0 unspecified atom stereocenters. The molecule has 2 aromatic carbocycles. The van der Waals surface area contributed by atoms with Crippen LogP contribution in [0.4, 0.5) is 5.69 Å². The highest BCUT2D eigenvalue weighted by molar-refractivity contribution is 9.10. The topological polar surface area (TPSA) is 64.9 Å². The van der Waals surface area contributed by atoms with Gasteiger partial charge in [-0.15, -0.1) is 0 Å². The van der Waals surface area contributed by atoms with Gasteiger partial charge in [0.1, 0.15) is 0 Å². The highest BCUT2D eigenvalue weighted by Gasteiger charge is 2.13. The van der Waals surface area contributed by atoms with E-state index in [2.05, 4.69) is 26.1 Å². The van der Waals surface area contributed by atoms with E-state index in [0.717, 1.165) is 15.6 Å². The molecule has 3 aromatic rings. The van der Waals surface area contributed by atoms with Crippen molar-refractivity contribution in [2.45, 2.75) is 6.92 Å². The van der Waals surface area contributed by atoms with E-state index >= 15 is 0 Å². The predicted molar refractivity (Wildman–Crippen MR) is 87.0 cm³/mol. The Morgan fingerprint density at radius 1 is 1.19 bits per heavy atom. The largest absolute Gasteiger partial charge is 0.398 e. The normalized spacial score (nSPS) is 10.8. The lowest BCUT2D eigenvalue weighted by atomic mass is 10.1. The average Bonchev–Trinajstić information content (AvgIpc) is 2.91. The van der Waals surface area contributed by atoms with Crippen LogP contribution in [0.1, 0.15) is 5.56 Å². The van der Waals surface area contributed by atoms with E-state index in [1.165, 1.54) is 0 Å². The molecule has 0 fully saturated rings. The smallest absolute Gasteiger partial charge is 0.260 e. The second kappa shape index (κ2) is 5.50. The first-order valence-corrected chi connectivity index (χ1v) is 7.37. The second-order valence-electron chi connectivity index (χ2n) is 4.62. The number of aryl methyl sites for hydroxylation is 1. The Labute approximate surface area is 135 Å². The molecule has 0 aliphatic carbocycles. The molecule has 0 saturated carbocycles. The van der Waals surface area contributed by atoms with Gasteiger partial charge in [-0.05, 0) is 36.8 Å². The fourth-order valence-corrected chi connectivity index (χ4v) is 2.47. The standard InChI is InChI=1S/C15H11BrClN3O/c1-8-2-3-9(6-12(8)16)14-19-15(21-20-14)11-5-4-10(17)7-13(11)18/h2-7H,18H2,1H3. The molecule has 2 N–H and O–H groups in total. The number of nitrogen functional groups attached to an aromatic ring is 1. The Morgan fingerprint density at radius 3 is 2.71 bits per heavy atom. The summed E-state index contributed by atoms with van der Waals surface area (Å²) >= 11 is 9.38. The van der Waals surface area contributed by atoms with E-state index in [0.29, 0.717) is 28.0 Å². The molecule has 0 aliphatic heterocycles. The van der Waals surface area contributed by atoms with Crippen LogP contribution in [0.5, 0.6) is 0 Å². The van der Waals surface area contributed by atoms with Gasteiger partial charge in [0.05, 0.1) is 5.56 Å². The van der Waals surface area contributed by atoms with Crippen molar-refractivity contribution in [2.24, 2.45) is 0 Å². The SMILES string of the molecule is Cc1ccc(-c2noc(-c3ccc(Cl)cc3N)n2)cc1Br. The molecule has 4 nitrogen and oxygen atoms in total. The predicted octanol–water partition coefficient (Wildman–Crippen LogP) is 4.71. The van der Waals surface area contributed by atoms with Crippen LogP contribution in [0.15, 0.2) is 45.4 Å². The summed E-state index contributed by atoms with van der Waals surface area (Å²) in [5.41, 5.74) is 9.11. The van der Waals surface area contributed by atoms with Gasteiger partial charge in [0.25, 0.3) is 5.89 Å². The van der Waals surface area contributed by atoms with Gasteiger partial charge in [0.2, 0.25) is 5.82 Å². The van der Waals surface area contributed by atoms with Crippen molar-refractivity contribution < 1.29 is 4.52 Å². The molecule has 1 heterocycles. The van der Waals surface area contributed by atoms with Crippen molar-refractivity contribution in [1.29, 1.82) is 0 Å². The van der Waals surface area contributed by atoms with E-state index in [1.807, 2.05) is 25.1 Å². The lowest BCUT2D eigenvalue weighted by molar-refractivity contribution is 0.432. The van der Waals surface area contributed by atoms with E-state index < -0.39 is 0 Å². The summed E-state index contributed by atoms with van der Waals surface area (Å²) in [6.07, 6.45) is 0. The van der Waals surface area contributed by atoms with Crippen LogP contribution < -0.4 is 5.73 Å². The zero-order valence-electron chi connectivity index (χ0n) is 11.1. The number of hydrogen-bond donors (Lipinski definition) is 1. The number of nitrogens with two attached hydrogens (primary N) is 1. The molecule has 0 saturated heterocycles. The van der Waals surface area contributed by atoms with Crippen LogP contribution in [0.25, 0.3) is 22.8 Å². The van der Waals surface area contributed by atoms with Crippen molar-refractivity contribution in [3.05, 3.63) is 51.5 Å². The van der Waals surface area contributed by atoms with Crippen molar-refractivity contribution in [3.8, 4) is 22.8 Å². The monoisotopic (exact) mass is 363 g/mol. The molecular weight excluding hydrogens is 354 g/mol. The molecule has 1 aromatic heterocycles. The van der Waals surface area contributed by atoms with Gasteiger partial charge < -0.3 is 10.3 Å². The number of benzene rings is 2.